The van der Waals surface area contributed by atoms with Crippen LogP contribution in [0.1, 0.15) is 95.4 Å². The van der Waals surface area contributed by atoms with E-state index < -0.39 is 12.1 Å². The summed E-state index contributed by atoms with van der Waals surface area (Å²) in [5.74, 6) is 1.36. The number of alkyl carbamates (subject to hydrolysis) is 1. The number of amides is 3. The number of hydrogen-bond acceptors (Lipinski definition) is 7. The lowest BCUT2D eigenvalue weighted by Gasteiger charge is -2.33. The molecule has 3 aromatic rings. The van der Waals surface area contributed by atoms with E-state index in [9.17, 15) is 14.4 Å². The van der Waals surface area contributed by atoms with Crippen LogP contribution in [0, 0.1) is 35.5 Å². The van der Waals surface area contributed by atoms with E-state index in [4.69, 9.17) is 14.7 Å². The number of methoxy groups -OCH3 is 1. The van der Waals surface area contributed by atoms with E-state index in [1.54, 1.807) is 6.20 Å². The highest BCUT2D eigenvalue weighted by Crippen LogP contribution is 2.54. The third-order valence-electron chi connectivity index (χ3n) is 13.3. The first-order chi connectivity index (χ1) is 28.1. The number of ether oxygens (including phenoxy) is 1. The van der Waals surface area contributed by atoms with Gasteiger partial charge in [0.2, 0.25) is 11.8 Å². The number of nitrogens with one attached hydrogen (secondary N) is 2. The topological polar surface area (TPSA) is 125 Å². The Morgan fingerprint density at radius 1 is 0.759 bits per heavy atom. The standard InChI is InChI=1S/C48H56N6O4/c1-28(2)44(36-8-6-20-49-25-36)52-46(55)43-35-19-18-34(22-35)42(43)40-24-38(27-51-40)33-16-12-31(13-17-33)30-10-14-32(15-11-30)37-23-39(50-26-37)41-9-7-21-54(41)47(56)45(29(3)4)53-48(57)58-5/h6,8,10-17,20,25-29,34-35,41-45H,7,9,18-19,21-24H2,1-5H3,(H,52,55)(H,53,57)/t34-,35+,41-,42?,43+,44+,45-/m0/s1. The number of allylic oxidation sites excluding steroid dienone is 2. The van der Waals surface area contributed by atoms with Crippen molar-refractivity contribution in [2.45, 2.75) is 90.8 Å². The predicted octanol–water partition coefficient (Wildman–Crippen LogP) is 8.67. The van der Waals surface area contributed by atoms with Gasteiger partial charge in [-0.15, -0.1) is 0 Å². The third kappa shape index (κ3) is 7.90. The van der Waals surface area contributed by atoms with E-state index in [-0.39, 0.29) is 47.6 Å². The highest BCUT2D eigenvalue weighted by Gasteiger charge is 2.53. The van der Waals surface area contributed by atoms with Gasteiger partial charge in [0.05, 0.1) is 19.2 Å². The molecule has 0 spiro atoms. The van der Waals surface area contributed by atoms with Crippen LogP contribution in [0.25, 0.3) is 22.3 Å². The largest absolute Gasteiger partial charge is 0.453 e. The van der Waals surface area contributed by atoms with Gasteiger partial charge in [0.15, 0.2) is 0 Å². The number of benzene rings is 2. The highest BCUT2D eigenvalue weighted by molar-refractivity contribution is 6.04. The first kappa shape index (κ1) is 39.4. The van der Waals surface area contributed by atoms with Crippen LogP contribution in [0.2, 0.25) is 0 Å². The van der Waals surface area contributed by atoms with E-state index in [1.165, 1.54) is 30.4 Å². The van der Waals surface area contributed by atoms with Crippen molar-refractivity contribution >= 4 is 40.5 Å². The van der Waals surface area contributed by atoms with E-state index >= 15 is 0 Å². The molecule has 10 nitrogen and oxygen atoms in total. The summed E-state index contributed by atoms with van der Waals surface area (Å²) < 4.78 is 4.78. The molecule has 1 saturated heterocycles. The van der Waals surface area contributed by atoms with Gasteiger partial charge in [-0.05, 0) is 101 Å². The van der Waals surface area contributed by atoms with Crippen molar-refractivity contribution in [3.63, 3.8) is 0 Å². The maximum atomic E-state index is 14.0. The molecule has 10 heteroatoms. The molecule has 8 rings (SSSR count). The lowest BCUT2D eigenvalue weighted by Crippen LogP contribution is -2.53. The number of hydrogen-bond donors (Lipinski definition) is 2. The minimum atomic E-state index is -0.647. The minimum Gasteiger partial charge on any atom is -0.453 e. The van der Waals surface area contributed by atoms with Crippen LogP contribution in [-0.4, -0.2) is 65.0 Å². The number of carbonyl (C=O) groups excluding carboxylic acids is 3. The summed E-state index contributed by atoms with van der Waals surface area (Å²) in [6.45, 7) is 8.82. The Bertz CT molecular complexity index is 2140. The van der Waals surface area contributed by atoms with Crippen LogP contribution in [0.15, 0.2) is 95.4 Å². The van der Waals surface area contributed by atoms with Crippen molar-refractivity contribution in [3.8, 4) is 11.1 Å². The Labute approximate surface area is 342 Å². The molecule has 2 bridgehead atoms. The second-order valence-electron chi connectivity index (χ2n) is 17.5. The number of aromatic nitrogens is 1. The maximum Gasteiger partial charge on any atom is 0.407 e. The SMILES string of the molecule is COC(=O)N[C@H](C(=O)N1CCC[C@H]1C1=NC=C(c2ccc(-c3ccc(C4=CN=C(C5[C@H]6CC[C@H](C6)[C@H]5C(=O)N[C@@H](c5cccnc5)C(C)C)C4)cc3)cc2)C1)C(C)C. The zero-order valence-corrected chi connectivity index (χ0v) is 34.4. The molecule has 58 heavy (non-hydrogen) atoms. The quantitative estimate of drug-likeness (QED) is 0.190. The first-order valence-corrected chi connectivity index (χ1v) is 21.2. The van der Waals surface area contributed by atoms with Gasteiger partial charge in [-0.2, -0.15) is 0 Å². The maximum absolute atomic E-state index is 14.0. The van der Waals surface area contributed by atoms with Crippen LogP contribution >= 0.6 is 0 Å². The normalized spacial score (nSPS) is 24.7. The van der Waals surface area contributed by atoms with Crippen molar-refractivity contribution in [1.82, 2.24) is 20.5 Å². The molecule has 3 aliphatic heterocycles. The summed E-state index contributed by atoms with van der Waals surface area (Å²) in [6.07, 6.45) is 13.7. The molecule has 3 amide bonds. The van der Waals surface area contributed by atoms with E-state index in [0.29, 0.717) is 24.8 Å². The van der Waals surface area contributed by atoms with Crippen LogP contribution in [0.3, 0.4) is 0 Å². The van der Waals surface area contributed by atoms with Gasteiger partial charge >= 0.3 is 6.09 Å². The lowest BCUT2D eigenvalue weighted by molar-refractivity contribution is -0.134. The zero-order chi connectivity index (χ0) is 40.5. The Kier molecular flexibility index (Phi) is 11.5. The Morgan fingerprint density at radius 3 is 1.98 bits per heavy atom. The molecule has 4 heterocycles. The molecule has 1 unspecified atom stereocenters. The number of likely N-dealkylation sites (tertiary alicyclic amines) is 1. The van der Waals surface area contributed by atoms with Gasteiger partial charge in [0, 0.05) is 67.4 Å². The van der Waals surface area contributed by atoms with Gasteiger partial charge in [-0.3, -0.25) is 24.6 Å². The van der Waals surface area contributed by atoms with Crippen LogP contribution in [-0.2, 0) is 14.3 Å². The Morgan fingerprint density at radius 2 is 1.38 bits per heavy atom. The molecule has 2 aliphatic carbocycles. The smallest absolute Gasteiger partial charge is 0.407 e. The second kappa shape index (κ2) is 16.8. The van der Waals surface area contributed by atoms with Gasteiger partial charge in [0.25, 0.3) is 0 Å². The second-order valence-corrected chi connectivity index (χ2v) is 17.5. The molecule has 0 radical (unpaired) electrons. The molecule has 5 aliphatic rings. The van der Waals surface area contributed by atoms with Crippen molar-refractivity contribution in [2.24, 2.45) is 45.5 Å². The summed E-state index contributed by atoms with van der Waals surface area (Å²) in [4.78, 5) is 55.7. The van der Waals surface area contributed by atoms with Gasteiger partial charge < -0.3 is 20.3 Å². The first-order valence-electron chi connectivity index (χ1n) is 21.2. The number of fused-ring (bicyclic) bond motifs is 2. The summed E-state index contributed by atoms with van der Waals surface area (Å²) in [6, 6.07) is 20.6. The molecule has 2 N–H and O–H groups in total. The summed E-state index contributed by atoms with van der Waals surface area (Å²) in [5.41, 5.74) is 10.1. The Hall–Kier alpha value is -5.38. The van der Waals surface area contributed by atoms with Crippen LogP contribution < -0.4 is 10.6 Å². The predicted molar refractivity (Wildman–Crippen MR) is 229 cm³/mol. The van der Waals surface area contributed by atoms with Gasteiger partial charge in [0.1, 0.15) is 6.04 Å². The van der Waals surface area contributed by atoms with Crippen molar-refractivity contribution in [1.29, 1.82) is 0 Å². The number of rotatable bonds is 12. The fraction of sp³-hybridized carbons (Fsp3) is 0.458. The van der Waals surface area contributed by atoms with Crippen LogP contribution in [0.5, 0.6) is 0 Å². The van der Waals surface area contributed by atoms with Crippen molar-refractivity contribution in [3.05, 3.63) is 102 Å². The van der Waals surface area contributed by atoms with E-state index in [0.717, 1.165) is 65.6 Å². The van der Waals surface area contributed by atoms with Gasteiger partial charge in [-0.1, -0.05) is 82.3 Å². The average Bonchev–Trinajstić information content (AvgIpc) is 4.10. The molecule has 302 valence electrons. The van der Waals surface area contributed by atoms with E-state index in [2.05, 4.69) is 84.1 Å². The average molecular weight is 781 g/mol. The molecule has 2 saturated carbocycles. The van der Waals surface area contributed by atoms with Crippen molar-refractivity contribution < 1.29 is 19.1 Å². The third-order valence-corrected chi connectivity index (χ3v) is 13.3. The molecular formula is C48H56N6O4. The lowest BCUT2D eigenvalue weighted by atomic mass is 9.74. The summed E-state index contributed by atoms with van der Waals surface area (Å²) >= 11 is 0. The molecule has 1 aromatic heterocycles. The molecule has 7 atom stereocenters. The molecule has 3 fully saturated rings. The molecule has 2 aromatic carbocycles. The highest BCUT2D eigenvalue weighted by atomic mass is 16.5. The monoisotopic (exact) mass is 780 g/mol. The minimum absolute atomic E-state index is 0.0346. The fourth-order valence-corrected chi connectivity index (χ4v) is 10.3. The van der Waals surface area contributed by atoms with Crippen LogP contribution in [0.4, 0.5) is 4.79 Å². The number of nitrogens with zero attached hydrogens (tertiary/aromatic N) is 4. The molecular weight excluding hydrogens is 725 g/mol. The van der Waals surface area contributed by atoms with Gasteiger partial charge in [-0.25, -0.2) is 4.79 Å². The fourth-order valence-electron chi connectivity index (χ4n) is 10.3. The summed E-state index contributed by atoms with van der Waals surface area (Å²) in [7, 11) is 1.31. The zero-order valence-electron chi connectivity index (χ0n) is 34.4. The number of pyridine rings is 1. The summed E-state index contributed by atoms with van der Waals surface area (Å²) in [5, 5.41) is 6.17. The van der Waals surface area contributed by atoms with E-state index in [1.807, 2.05) is 43.4 Å². The Balaban J connectivity index is 0.873. The number of aliphatic imine (C=N–C) groups is 2. The number of carbonyl (C=O) groups is 3. The van der Waals surface area contributed by atoms with Crippen molar-refractivity contribution in [2.75, 3.05) is 13.7 Å².